The summed E-state index contributed by atoms with van der Waals surface area (Å²) in [7, 11) is -0.169. The summed E-state index contributed by atoms with van der Waals surface area (Å²) in [4.78, 5) is 0. The molecule has 0 aromatic heterocycles. The van der Waals surface area contributed by atoms with Crippen LogP contribution in [0.15, 0.2) is 0 Å². The predicted octanol–water partition coefficient (Wildman–Crippen LogP) is 7.73. The molecule has 0 N–H and O–H groups in total. The van der Waals surface area contributed by atoms with Crippen molar-refractivity contribution >= 4 is 18.5 Å². The highest BCUT2D eigenvalue weighted by Gasteiger charge is 1.96. The number of unbranched alkanes of at least 4 members (excludes halogenated alkanes) is 13. The molecule has 0 fully saturated rings. The van der Waals surface area contributed by atoms with Gasteiger partial charge in [0.1, 0.15) is 0 Å². The molecule has 1 unspecified atom stereocenters. The number of halogens is 1. The molecule has 0 aliphatic heterocycles. The van der Waals surface area contributed by atoms with Gasteiger partial charge in [-0.05, 0) is 26.5 Å². The summed E-state index contributed by atoms with van der Waals surface area (Å²) in [6.07, 6.45) is 21.4. The summed E-state index contributed by atoms with van der Waals surface area (Å²) in [5.74, 6) is 0. The van der Waals surface area contributed by atoms with Crippen LogP contribution in [-0.4, -0.2) is 12.8 Å². The van der Waals surface area contributed by atoms with E-state index >= 15 is 0 Å². The SMILES string of the molecule is CCCCCCCCCCCCCCCCP(C)Cl. The van der Waals surface area contributed by atoms with Gasteiger partial charge in [0.05, 0.1) is 0 Å². The normalized spacial score (nSPS) is 12.8. The first-order valence-electron chi connectivity index (χ1n) is 8.64. The Labute approximate surface area is 128 Å². The molecule has 116 valence electrons. The van der Waals surface area contributed by atoms with Crippen LogP contribution >= 0.6 is 18.5 Å². The Bertz CT molecular complexity index is 159. The van der Waals surface area contributed by atoms with Crippen LogP contribution in [0.25, 0.3) is 0 Å². The molecule has 0 rings (SSSR count). The second-order valence-corrected chi connectivity index (χ2v) is 9.31. The van der Waals surface area contributed by atoms with E-state index in [9.17, 15) is 0 Å². The monoisotopic (exact) mass is 306 g/mol. The number of hydrogen-bond acceptors (Lipinski definition) is 0. The number of rotatable bonds is 15. The van der Waals surface area contributed by atoms with Gasteiger partial charge >= 0.3 is 0 Å². The van der Waals surface area contributed by atoms with Crippen LogP contribution < -0.4 is 0 Å². The third-order valence-corrected chi connectivity index (χ3v) is 5.26. The average Bonchev–Trinajstić information content (AvgIpc) is 2.39. The molecule has 0 aliphatic carbocycles. The van der Waals surface area contributed by atoms with Crippen LogP contribution in [0.1, 0.15) is 96.8 Å². The first kappa shape index (κ1) is 19.7. The van der Waals surface area contributed by atoms with E-state index in [1.54, 1.807) is 0 Å². The second kappa shape index (κ2) is 16.8. The smallest absolute Gasteiger partial charge is 0.0129 e. The molecule has 0 aromatic carbocycles. The molecular formula is C17H36ClP. The zero-order chi connectivity index (χ0) is 14.2. The summed E-state index contributed by atoms with van der Waals surface area (Å²) in [5.41, 5.74) is 0. The summed E-state index contributed by atoms with van der Waals surface area (Å²) >= 11 is 5.99. The summed E-state index contributed by atoms with van der Waals surface area (Å²) < 4.78 is 0. The summed E-state index contributed by atoms with van der Waals surface area (Å²) in [6.45, 7) is 4.45. The van der Waals surface area contributed by atoms with Gasteiger partial charge in [0.15, 0.2) is 0 Å². The minimum atomic E-state index is -0.169. The van der Waals surface area contributed by atoms with Gasteiger partial charge in [-0.2, -0.15) is 0 Å². The zero-order valence-corrected chi connectivity index (χ0v) is 15.1. The first-order chi connectivity index (χ1) is 9.27. The van der Waals surface area contributed by atoms with Crippen molar-refractivity contribution in [3.63, 3.8) is 0 Å². The van der Waals surface area contributed by atoms with Gasteiger partial charge in [0.2, 0.25) is 0 Å². The molecule has 0 spiro atoms. The fourth-order valence-corrected chi connectivity index (χ4v) is 3.54. The highest BCUT2D eigenvalue weighted by molar-refractivity contribution is 7.83. The lowest BCUT2D eigenvalue weighted by Gasteiger charge is -2.04. The topological polar surface area (TPSA) is 0 Å². The Morgan fingerprint density at radius 3 is 1.21 bits per heavy atom. The van der Waals surface area contributed by atoms with Gasteiger partial charge in [-0.15, -0.1) is 0 Å². The van der Waals surface area contributed by atoms with Crippen molar-refractivity contribution in [3.8, 4) is 0 Å². The van der Waals surface area contributed by atoms with E-state index < -0.39 is 0 Å². The van der Waals surface area contributed by atoms with E-state index in [1.165, 1.54) is 96.1 Å². The van der Waals surface area contributed by atoms with Gasteiger partial charge in [0.25, 0.3) is 0 Å². The fourth-order valence-electron chi connectivity index (χ4n) is 2.52. The molecule has 0 nitrogen and oxygen atoms in total. The molecular weight excluding hydrogens is 271 g/mol. The maximum Gasteiger partial charge on any atom is -0.0129 e. The average molecular weight is 307 g/mol. The largest absolute Gasteiger partial charge is 0.0967 e. The Kier molecular flexibility index (Phi) is 17.4. The molecule has 0 saturated heterocycles. The lowest BCUT2D eigenvalue weighted by atomic mass is 10.0. The lowest BCUT2D eigenvalue weighted by molar-refractivity contribution is 0.538. The van der Waals surface area contributed by atoms with Crippen molar-refractivity contribution in [2.45, 2.75) is 96.8 Å². The van der Waals surface area contributed by atoms with Crippen LogP contribution in [0, 0.1) is 0 Å². The second-order valence-electron chi connectivity index (χ2n) is 5.92. The zero-order valence-electron chi connectivity index (χ0n) is 13.4. The molecule has 0 bridgehead atoms. The highest BCUT2D eigenvalue weighted by atomic mass is 35.7. The first-order valence-corrected chi connectivity index (χ1v) is 11.5. The van der Waals surface area contributed by atoms with Crippen molar-refractivity contribution in [2.75, 3.05) is 12.8 Å². The number of hydrogen-bond donors (Lipinski definition) is 0. The van der Waals surface area contributed by atoms with Crippen LogP contribution in [0.3, 0.4) is 0 Å². The van der Waals surface area contributed by atoms with Gasteiger partial charge in [0, 0.05) is 0 Å². The molecule has 0 heterocycles. The molecule has 0 aromatic rings. The Hall–Kier alpha value is 0.720. The van der Waals surface area contributed by atoms with Crippen molar-refractivity contribution in [1.82, 2.24) is 0 Å². The predicted molar refractivity (Wildman–Crippen MR) is 93.9 cm³/mol. The van der Waals surface area contributed by atoms with Crippen LogP contribution in [0.4, 0.5) is 0 Å². The standard InChI is InChI=1S/C17H36ClP/c1-3-4-5-6-7-8-9-10-11-12-13-14-15-16-17-19(2)18/h3-17H2,1-2H3. The van der Waals surface area contributed by atoms with Gasteiger partial charge in [-0.1, -0.05) is 102 Å². The van der Waals surface area contributed by atoms with E-state index in [1.807, 2.05) is 0 Å². The Morgan fingerprint density at radius 2 is 0.895 bits per heavy atom. The molecule has 0 saturated carbocycles. The molecule has 1 atom stereocenters. The molecule has 0 radical (unpaired) electrons. The molecule has 0 aliphatic rings. The Morgan fingerprint density at radius 1 is 0.579 bits per heavy atom. The molecule has 0 amide bonds. The van der Waals surface area contributed by atoms with E-state index in [4.69, 9.17) is 11.2 Å². The fraction of sp³-hybridized carbons (Fsp3) is 1.00. The van der Waals surface area contributed by atoms with Crippen molar-refractivity contribution < 1.29 is 0 Å². The third-order valence-electron chi connectivity index (χ3n) is 3.82. The van der Waals surface area contributed by atoms with E-state index in [2.05, 4.69) is 13.6 Å². The van der Waals surface area contributed by atoms with Crippen molar-refractivity contribution in [3.05, 3.63) is 0 Å². The van der Waals surface area contributed by atoms with Crippen LogP contribution in [-0.2, 0) is 0 Å². The van der Waals surface area contributed by atoms with E-state index in [0.29, 0.717) is 0 Å². The third kappa shape index (κ3) is 18.7. The minimum absolute atomic E-state index is 0.169. The maximum absolute atomic E-state index is 5.99. The van der Waals surface area contributed by atoms with Crippen LogP contribution in [0.5, 0.6) is 0 Å². The van der Waals surface area contributed by atoms with E-state index in [-0.39, 0.29) is 7.27 Å². The van der Waals surface area contributed by atoms with Crippen molar-refractivity contribution in [2.24, 2.45) is 0 Å². The van der Waals surface area contributed by atoms with Crippen molar-refractivity contribution in [1.29, 1.82) is 0 Å². The van der Waals surface area contributed by atoms with Crippen LogP contribution in [0.2, 0.25) is 0 Å². The van der Waals surface area contributed by atoms with Gasteiger partial charge in [-0.3, -0.25) is 0 Å². The summed E-state index contributed by atoms with van der Waals surface area (Å²) in [6, 6.07) is 0. The lowest BCUT2D eigenvalue weighted by Crippen LogP contribution is -1.84. The van der Waals surface area contributed by atoms with Gasteiger partial charge in [-0.25, -0.2) is 0 Å². The Balaban J connectivity index is 2.91. The van der Waals surface area contributed by atoms with Gasteiger partial charge < -0.3 is 0 Å². The summed E-state index contributed by atoms with van der Waals surface area (Å²) in [5, 5.41) is 0. The molecule has 19 heavy (non-hydrogen) atoms. The van der Waals surface area contributed by atoms with E-state index in [0.717, 1.165) is 0 Å². The minimum Gasteiger partial charge on any atom is -0.0967 e. The maximum atomic E-state index is 5.99. The highest BCUT2D eigenvalue weighted by Crippen LogP contribution is 2.37. The molecule has 2 heteroatoms. The quantitative estimate of drug-likeness (QED) is 0.214.